The van der Waals surface area contributed by atoms with Crippen LogP contribution in [-0.4, -0.2) is 42.6 Å². The molecule has 2 atom stereocenters. The smallest absolute Gasteiger partial charge is 0.304 e. The van der Waals surface area contributed by atoms with E-state index in [1.165, 1.54) is 33.9 Å². The predicted molar refractivity (Wildman–Crippen MR) is 146 cm³/mol. The molecule has 1 aliphatic carbocycles. The fraction of sp³-hybridized carbons (Fsp3) is 0.406. The number of phenolic OH excluding ortho intramolecular Hbond substituents is 1. The number of carboxylic acid groups (broad SMARTS) is 1. The van der Waals surface area contributed by atoms with E-state index in [-0.39, 0.29) is 23.9 Å². The summed E-state index contributed by atoms with van der Waals surface area (Å²) in [6, 6.07) is 12.6. The van der Waals surface area contributed by atoms with Gasteiger partial charge in [-0.1, -0.05) is 12.1 Å². The number of aliphatic carboxylic acids is 1. The van der Waals surface area contributed by atoms with Gasteiger partial charge in [0.25, 0.3) is 0 Å². The maximum absolute atomic E-state index is 14.1. The Bertz CT molecular complexity index is 1340. The fourth-order valence-electron chi connectivity index (χ4n) is 5.90. The first-order chi connectivity index (χ1) is 18.8. The molecule has 206 valence electrons. The van der Waals surface area contributed by atoms with Gasteiger partial charge >= 0.3 is 5.97 Å². The number of carbonyl (C=O) groups is 1. The van der Waals surface area contributed by atoms with Crippen molar-refractivity contribution in [1.82, 2.24) is 0 Å². The second kappa shape index (κ2) is 11.7. The topological polar surface area (TPSA) is 85.2 Å². The van der Waals surface area contributed by atoms with Crippen LogP contribution in [0.3, 0.4) is 0 Å². The van der Waals surface area contributed by atoms with Gasteiger partial charge in [0.05, 0.1) is 26.2 Å². The van der Waals surface area contributed by atoms with Gasteiger partial charge in [-0.3, -0.25) is 4.79 Å². The van der Waals surface area contributed by atoms with E-state index in [9.17, 15) is 9.18 Å². The third-order valence-electron chi connectivity index (χ3n) is 7.81. The molecule has 3 aromatic carbocycles. The number of hydrogen-bond donors (Lipinski definition) is 2. The van der Waals surface area contributed by atoms with Crippen molar-refractivity contribution >= 4 is 5.97 Å². The first-order valence-corrected chi connectivity index (χ1v) is 13.6. The molecule has 1 fully saturated rings. The summed E-state index contributed by atoms with van der Waals surface area (Å²) in [5.74, 6) is 1.17. The van der Waals surface area contributed by atoms with E-state index in [2.05, 4.69) is 26.0 Å². The van der Waals surface area contributed by atoms with Crippen LogP contribution in [0.1, 0.15) is 53.0 Å². The quantitative estimate of drug-likeness (QED) is 0.383. The van der Waals surface area contributed by atoms with Crippen molar-refractivity contribution < 1.29 is 33.6 Å². The molecule has 7 heteroatoms. The maximum atomic E-state index is 14.1. The van der Waals surface area contributed by atoms with Crippen LogP contribution in [-0.2, 0) is 22.4 Å². The molecule has 2 unspecified atom stereocenters. The molecule has 0 amide bonds. The number of carboxylic acids is 1. The SMILES string of the molecule is Cc1cc(OCC2CCOC2)cc(C)c1-c1ccc(F)c2c1CCC2.O=C(O)CC1COc2cc(O)ccc21. The molecule has 0 aromatic heterocycles. The van der Waals surface area contributed by atoms with Gasteiger partial charge in [0.2, 0.25) is 0 Å². The lowest BCUT2D eigenvalue weighted by Crippen LogP contribution is -2.11. The average molecular weight is 535 g/mol. The highest BCUT2D eigenvalue weighted by Crippen LogP contribution is 2.39. The summed E-state index contributed by atoms with van der Waals surface area (Å²) in [7, 11) is 0. The monoisotopic (exact) mass is 534 g/mol. The van der Waals surface area contributed by atoms with Crippen LogP contribution in [0.5, 0.6) is 17.2 Å². The number of aromatic hydroxyl groups is 1. The van der Waals surface area contributed by atoms with Gasteiger partial charge in [-0.15, -0.1) is 0 Å². The lowest BCUT2D eigenvalue weighted by Gasteiger charge is -2.17. The van der Waals surface area contributed by atoms with Crippen LogP contribution in [0, 0.1) is 25.6 Å². The van der Waals surface area contributed by atoms with Crippen LogP contribution in [0.15, 0.2) is 42.5 Å². The van der Waals surface area contributed by atoms with Gasteiger partial charge in [-0.05, 0) is 97.2 Å². The molecule has 3 aromatic rings. The number of halogens is 1. The number of fused-ring (bicyclic) bond motifs is 2. The van der Waals surface area contributed by atoms with Gasteiger partial charge in [-0.2, -0.15) is 0 Å². The second-order valence-corrected chi connectivity index (χ2v) is 10.7. The molecule has 0 radical (unpaired) electrons. The third-order valence-corrected chi connectivity index (χ3v) is 7.81. The zero-order chi connectivity index (χ0) is 27.5. The first-order valence-electron chi connectivity index (χ1n) is 13.6. The van der Waals surface area contributed by atoms with Gasteiger partial charge < -0.3 is 24.4 Å². The molecule has 39 heavy (non-hydrogen) atoms. The Morgan fingerprint density at radius 1 is 1.05 bits per heavy atom. The molecule has 0 saturated carbocycles. The van der Waals surface area contributed by atoms with Crippen molar-refractivity contribution in [2.75, 3.05) is 26.4 Å². The minimum absolute atomic E-state index is 0.0507. The molecule has 1 saturated heterocycles. The van der Waals surface area contributed by atoms with Crippen LogP contribution in [0.4, 0.5) is 4.39 Å². The Hall–Kier alpha value is -3.58. The highest BCUT2D eigenvalue weighted by atomic mass is 19.1. The molecule has 2 N–H and O–H groups in total. The van der Waals surface area contributed by atoms with Crippen LogP contribution in [0.2, 0.25) is 0 Å². The molecule has 6 nitrogen and oxygen atoms in total. The minimum atomic E-state index is -0.834. The molecule has 0 spiro atoms. The summed E-state index contributed by atoms with van der Waals surface area (Å²) < 4.78 is 30.8. The van der Waals surface area contributed by atoms with Crippen molar-refractivity contribution in [3.8, 4) is 28.4 Å². The van der Waals surface area contributed by atoms with Crippen LogP contribution < -0.4 is 9.47 Å². The molecule has 6 rings (SSSR count). The zero-order valence-corrected chi connectivity index (χ0v) is 22.5. The highest BCUT2D eigenvalue weighted by molar-refractivity contribution is 5.76. The predicted octanol–water partition coefficient (Wildman–Crippen LogP) is 6.36. The number of hydrogen-bond acceptors (Lipinski definition) is 5. The number of ether oxygens (including phenoxy) is 3. The number of phenols is 1. The molecule has 3 aliphatic rings. The summed E-state index contributed by atoms with van der Waals surface area (Å²) in [4.78, 5) is 10.5. The number of rotatable bonds is 6. The largest absolute Gasteiger partial charge is 0.508 e. The lowest BCUT2D eigenvalue weighted by molar-refractivity contribution is -0.137. The highest BCUT2D eigenvalue weighted by Gasteiger charge is 2.26. The molecular formula is C32H35FO6. The number of aryl methyl sites for hydroxylation is 2. The Balaban J connectivity index is 0.000000186. The first kappa shape index (κ1) is 27.0. The molecule has 0 bridgehead atoms. The summed E-state index contributed by atoms with van der Waals surface area (Å²) >= 11 is 0. The van der Waals surface area contributed by atoms with Gasteiger partial charge in [0.1, 0.15) is 23.1 Å². The Morgan fingerprint density at radius 3 is 2.54 bits per heavy atom. The van der Waals surface area contributed by atoms with E-state index in [1.54, 1.807) is 18.2 Å². The van der Waals surface area contributed by atoms with Gasteiger partial charge in [0, 0.05) is 30.1 Å². The molecular weight excluding hydrogens is 499 g/mol. The van der Waals surface area contributed by atoms with E-state index in [4.69, 9.17) is 24.4 Å². The number of benzene rings is 3. The van der Waals surface area contributed by atoms with E-state index in [0.29, 0.717) is 24.9 Å². The van der Waals surface area contributed by atoms with Crippen molar-refractivity contribution in [3.05, 3.63) is 76.1 Å². The van der Waals surface area contributed by atoms with E-state index in [1.807, 2.05) is 6.07 Å². The van der Waals surface area contributed by atoms with Crippen molar-refractivity contribution in [3.63, 3.8) is 0 Å². The van der Waals surface area contributed by atoms with Gasteiger partial charge in [0.15, 0.2) is 0 Å². The second-order valence-electron chi connectivity index (χ2n) is 10.7. The minimum Gasteiger partial charge on any atom is -0.508 e. The standard InChI is InChI=1S/C22H25FO2.C10H10O4/c1-14-10-17(25-13-16-8-9-24-12-16)11-15(2)22(14)20-6-7-21(23)19-5-3-4-18(19)20;11-7-1-2-8-6(3-10(12)13)5-14-9(8)4-7/h6-7,10-11,16H,3-5,8-9,12-13H2,1-2H3;1-2,4,6,11H,3,5H2,(H,12,13). The Morgan fingerprint density at radius 2 is 1.82 bits per heavy atom. The summed E-state index contributed by atoms with van der Waals surface area (Å²) in [6.45, 7) is 6.99. The summed E-state index contributed by atoms with van der Waals surface area (Å²) in [5, 5.41) is 17.8. The van der Waals surface area contributed by atoms with Crippen molar-refractivity contribution in [1.29, 1.82) is 0 Å². The fourth-order valence-corrected chi connectivity index (χ4v) is 5.90. The summed E-state index contributed by atoms with van der Waals surface area (Å²) in [5.41, 5.74) is 7.79. The lowest BCUT2D eigenvalue weighted by atomic mass is 9.90. The Labute approximate surface area is 228 Å². The zero-order valence-electron chi connectivity index (χ0n) is 22.5. The third kappa shape index (κ3) is 6.04. The summed E-state index contributed by atoms with van der Waals surface area (Å²) in [6.07, 6.45) is 4.03. The van der Waals surface area contributed by atoms with Gasteiger partial charge in [-0.25, -0.2) is 4.39 Å². The Kier molecular flexibility index (Phi) is 8.07. The maximum Gasteiger partial charge on any atom is 0.304 e. The molecule has 2 heterocycles. The molecule has 2 aliphatic heterocycles. The van der Waals surface area contributed by atoms with E-state index >= 15 is 0 Å². The van der Waals surface area contributed by atoms with Crippen molar-refractivity contribution in [2.45, 2.75) is 51.9 Å². The van der Waals surface area contributed by atoms with E-state index < -0.39 is 5.97 Å². The van der Waals surface area contributed by atoms with Crippen LogP contribution >= 0.6 is 0 Å². The average Bonchev–Trinajstić information content (AvgIpc) is 3.66. The van der Waals surface area contributed by atoms with Crippen molar-refractivity contribution in [2.24, 2.45) is 5.92 Å². The normalized spacial score (nSPS) is 19.1. The van der Waals surface area contributed by atoms with E-state index in [0.717, 1.165) is 55.8 Å². The van der Waals surface area contributed by atoms with Crippen LogP contribution in [0.25, 0.3) is 11.1 Å².